The van der Waals surface area contributed by atoms with Crippen LogP contribution in [0.2, 0.25) is 0 Å². The Balaban J connectivity index is 2.79. The van der Waals surface area contributed by atoms with Crippen LogP contribution in [-0.2, 0) is 4.79 Å². The Morgan fingerprint density at radius 3 is 2.71 bits per heavy atom. The van der Waals surface area contributed by atoms with E-state index in [-0.39, 0.29) is 11.3 Å². The van der Waals surface area contributed by atoms with E-state index in [0.717, 1.165) is 0 Å². The van der Waals surface area contributed by atoms with Crippen LogP contribution in [0.5, 0.6) is 0 Å². The molecule has 1 aliphatic rings. The van der Waals surface area contributed by atoms with Crippen molar-refractivity contribution in [3.8, 4) is 0 Å². The molecule has 0 aromatic rings. The average Bonchev–Trinajstić information content (AvgIpc) is 2.02. The van der Waals surface area contributed by atoms with Crippen molar-refractivity contribution in [2.75, 3.05) is 0 Å². The molecule has 1 nitrogen and oxygen atoms in total. The fraction of sp³-hybridized carbons (Fsp3) is 0.769. The molecule has 14 heavy (non-hydrogen) atoms. The van der Waals surface area contributed by atoms with Crippen LogP contribution in [0.4, 0.5) is 0 Å². The van der Waals surface area contributed by atoms with Gasteiger partial charge in [-0.3, -0.25) is 4.79 Å². The van der Waals surface area contributed by atoms with Gasteiger partial charge in [-0.1, -0.05) is 33.3 Å². The minimum atomic E-state index is 0.192. The fourth-order valence-electron chi connectivity index (χ4n) is 2.99. The lowest BCUT2D eigenvalue weighted by molar-refractivity contribution is -0.129. The van der Waals surface area contributed by atoms with Crippen molar-refractivity contribution < 1.29 is 4.79 Å². The van der Waals surface area contributed by atoms with Crippen LogP contribution >= 0.6 is 0 Å². The van der Waals surface area contributed by atoms with Crippen molar-refractivity contribution in [2.24, 2.45) is 17.3 Å². The van der Waals surface area contributed by atoms with Crippen LogP contribution in [0.25, 0.3) is 0 Å². The van der Waals surface area contributed by atoms with Gasteiger partial charge in [-0.15, -0.1) is 6.58 Å². The Hall–Kier alpha value is -0.590. The SMILES string of the molecule is C=CCC(=O)C1C(C)CCCC1(C)C. The van der Waals surface area contributed by atoms with Gasteiger partial charge < -0.3 is 0 Å². The van der Waals surface area contributed by atoms with Crippen molar-refractivity contribution >= 4 is 5.78 Å². The van der Waals surface area contributed by atoms with Gasteiger partial charge in [0.15, 0.2) is 0 Å². The van der Waals surface area contributed by atoms with E-state index < -0.39 is 0 Å². The fourth-order valence-corrected chi connectivity index (χ4v) is 2.99. The number of rotatable bonds is 3. The first-order valence-corrected chi connectivity index (χ1v) is 5.62. The third kappa shape index (κ3) is 2.26. The standard InChI is InChI=1S/C13H22O/c1-5-7-11(14)12-10(2)8-6-9-13(12,3)4/h5,10,12H,1,6-9H2,2-4H3. The third-order valence-electron chi connectivity index (χ3n) is 3.58. The highest BCUT2D eigenvalue weighted by molar-refractivity contribution is 5.83. The van der Waals surface area contributed by atoms with Crippen LogP contribution in [0.1, 0.15) is 46.5 Å². The van der Waals surface area contributed by atoms with Crippen LogP contribution in [-0.4, -0.2) is 5.78 Å². The van der Waals surface area contributed by atoms with E-state index in [1.165, 1.54) is 19.3 Å². The molecule has 0 aliphatic heterocycles. The first-order chi connectivity index (χ1) is 6.49. The number of carbonyl (C=O) groups excluding carboxylic acids is 1. The van der Waals surface area contributed by atoms with Crippen LogP contribution in [0.15, 0.2) is 12.7 Å². The Bertz CT molecular complexity index is 227. The molecule has 0 bridgehead atoms. The summed E-state index contributed by atoms with van der Waals surface area (Å²) in [5, 5.41) is 0. The van der Waals surface area contributed by atoms with E-state index in [9.17, 15) is 4.79 Å². The zero-order chi connectivity index (χ0) is 10.8. The monoisotopic (exact) mass is 194 g/mol. The topological polar surface area (TPSA) is 17.1 Å². The Kier molecular flexibility index (Phi) is 3.52. The molecule has 1 fully saturated rings. The highest BCUT2D eigenvalue weighted by Crippen LogP contribution is 2.44. The molecule has 0 aromatic heterocycles. The number of ketones is 1. The maximum Gasteiger partial charge on any atom is 0.140 e. The lowest BCUT2D eigenvalue weighted by Gasteiger charge is -2.41. The first-order valence-electron chi connectivity index (χ1n) is 5.62. The molecule has 1 saturated carbocycles. The largest absolute Gasteiger partial charge is 0.299 e. The summed E-state index contributed by atoms with van der Waals surface area (Å²) in [5.74, 6) is 1.18. The molecule has 1 aliphatic carbocycles. The smallest absolute Gasteiger partial charge is 0.140 e. The normalized spacial score (nSPS) is 31.1. The quantitative estimate of drug-likeness (QED) is 0.627. The minimum Gasteiger partial charge on any atom is -0.299 e. The molecular formula is C13H22O. The molecule has 0 radical (unpaired) electrons. The number of hydrogen-bond donors (Lipinski definition) is 0. The summed E-state index contributed by atoms with van der Waals surface area (Å²) in [6.45, 7) is 10.3. The molecule has 2 unspecified atom stereocenters. The Morgan fingerprint density at radius 2 is 2.21 bits per heavy atom. The third-order valence-corrected chi connectivity index (χ3v) is 3.58. The predicted molar refractivity (Wildman–Crippen MR) is 60.1 cm³/mol. The van der Waals surface area contributed by atoms with E-state index in [1.807, 2.05) is 0 Å². The molecule has 0 heterocycles. The van der Waals surface area contributed by atoms with Crippen molar-refractivity contribution in [3.63, 3.8) is 0 Å². The highest BCUT2D eigenvalue weighted by Gasteiger charge is 2.40. The molecule has 0 aromatic carbocycles. The Labute approximate surface area is 87.6 Å². The van der Waals surface area contributed by atoms with Gasteiger partial charge in [-0.05, 0) is 24.2 Å². The molecule has 1 heteroatoms. The van der Waals surface area contributed by atoms with Gasteiger partial charge in [0.1, 0.15) is 5.78 Å². The van der Waals surface area contributed by atoms with Crippen LogP contribution in [0.3, 0.4) is 0 Å². The van der Waals surface area contributed by atoms with E-state index >= 15 is 0 Å². The summed E-state index contributed by atoms with van der Waals surface area (Å²) >= 11 is 0. The predicted octanol–water partition coefficient (Wildman–Crippen LogP) is 3.59. The van der Waals surface area contributed by atoms with E-state index in [4.69, 9.17) is 0 Å². The van der Waals surface area contributed by atoms with Crippen molar-refractivity contribution in [1.82, 2.24) is 0 Å². The highest BCUT2D eigenvalue weighted by atomic mass is 16.1. The van der Waals surface area contributed by atoms with E-state index in [2.05, 4.69) is 27.4 Å². The number of carbonyl (C=O) groups is 1. The first kappa shape index (κ1) is 11.5. The molecular weight excluding hydrogens is 172 g/mol. The summed E-state index contributed by atoms with van der Waals surface area (Å²) < 4.78 is 0. The molecule has 0 N–H and O–H groups in total. The van der Waals surface area contributed by atoms with Crippen molar-refractivity contribution in [3.05, 3.63) is 12.7 Å². The zero-order valence-corrected chi connectivity index (χ0v) is 9.68. The van der Waals surface area contributed by atoms with Gasteiger partial charge in [-0.25, -0.2) is 0 Å². The second kappa shape index (κ2) is 4.29. The molecule has 0 amide bonds. The molecule has 0 saturated heterocycles. The molecule has 2 atom stereocenters. The zero-order valence-electron chi connectivity index (χ0n) is 9.68. The minimum absolute atomic E-state index is 0.192. The van der Waals surface area contributed by atoms with Crippen LogP contribution < -0.4 is 0 Å². The maximum atomic E-state index is 12.0. The Morgan fingerprint density at radius 1 is 1.57 bits per heavy atom. The molecule has 80 valence electrons. The van der Waals surface area contributed by atoms with Crippen molar-refractivity contribution in [2.45, 2.75) is 46.5 Å². The van der Waals surface area contributed by atoms with Crippen LogP contribution in [0, 0.1) is 17.3 Å². The summed E-state index contributed by atoms with van der Waals surface area (Å²) in [6.07, 6.45) is 5.94. The summed E-state index contributed by atoms with van der Waals surface area (Å²) in [4.78, 5) is 12.0. The molecule has 1 rings (SSSR count). The van der Waals surface area contributed by atoms with Gasteiger partial charge in [0, 0.05) is 12.3 Å². The van der Waals surface area contributed by atoms with Crippen molar-refractivity contribution in [1.29, 1.82) is 0 Å². The second-order valence-electron chi connectivity index (χ2n) is 5.29. The van der Waals surface area contributed by atoms with Gasteiger partial charge in [-0.2, -0.15) is 0 Å². The number of allylic oxidation sites excluding steroid dienone is 1. The summed E-state index contributed by atoms with van der Waals surface area (Å²) in [6, 6.07) is 0. The average molecular weight is 194 g/mol. The van der Waals surface area contributed by atoms with Gasteiger partial charge in [0.05, 0.1) is 0 Å². The summed E-state index contributed by atoms with van der Waals surface area (Å²) in [7, 11) is 0. The second-order valence-corrected chi connectivity index (χ2v) is 5.29. The van der Waals surface area contributed by atoms with E-state index in [0.29, 0.717) is 18.1 Å². The summed E-state index contributed by atoms with van der Waals surface area (Å²) in [5.41, 5.74) is 0.192. The molecule has 0 spiro atoms. The van der Waals surface area contributed by atoms with Gasteiger partial charge in [0.25, 0.3) is 0 Å². The maximum absolute atomic E-state index is 12.0. The lowest BCUT2D eigenvalue weighted by Crippen LogP contribution is -2.39. The van der Waals surface area contributed by atoms with Gasteiger partial charge >= 0.3 is 0 Å². The van der Waals surface area contributed by atoms with Gasteiger partial charge in [0.2, 0.25) is 0 Å². The van der Waals surface area contributed by atoms with E-state index in [1.54, 1.807) is 6.08 Å². The lowest BCUT2D eigenvalue weighted by atomic mass is 9.62. The number of hydrogen-bond acceptors (Lipinski definition) is 1. The number of Topliss-reactive ketones (excluding diaryl/α,β-unsaturated/α-hetero) is 1.